The van der Waals surface area contributed by atoms with Crippen molar-refractivity contribution in [3.63, 3.8) is 0 Å². The third-order valence-electron chi connectivity index (χ3n) is 4.33. The molecule has 2 amide bonds. The highest BCUT2D eigenvalue weighted by Gasteiger charge is 2.39. The molecule has 1 heterocycles. The van der Waals surface area contributed by atoms with E-state index >= 15 is 0 Å². The van der Waals surface area contributed by atoms with Crippen LogP contribution in [0.1, 0.15) is 47.5 Å². The fourth-order valence-corrected chi connectivity index (χ4v) is 3.03. The van der Waals surface area contributed by atoms with Crippen molar-refractivity contribution < 1.29 is 14.7 Å². The molecule has 2 N–H and O–H groups in total. The second-order valence-corrected chi connectivity index (χ2v) is 5.87. The topological polar surface area (TPSA) is 69.6 Å². The predicted molar refractivity (Wildman–Crippen MR) is 78.5 cm³/mol. The van der Waals surface area contributed by atoms with E-state index < -0.39 is 6.09 Å². The van der Waals surface area contributed by atoms with Crippen molar-refractivity contribution in [2.75, 3.05) is 13.1 Å². The molecule has 2 aliphatic rings. The van der Waals surface area contributed by atoms with Crippen molar-refractivity contribution >= 4 is 12.0 Å². The van der Waals surface area contributed by atoms with Crippen molar-refractivity contribution in [1.82, 2.24) is 10.2 Å². The van der Waals surface area contributed by atoms with Gasteiger partial charge in [-0.25, -0.2) is 4.79 Å². The Hall–Kier alpha value is -2.04. The number of carbonyl (C=O) groups is 2. The summed E-state index contributed by atoms with van der Waals surface area (Å²) in [6, 6.07) is 7.65. The predicted octanol–water partition coefficient (Wildman–Crippen LogP) is 2.44. The van der Waals surface area contributed by atoms with Crippen LogP contribution in [0.3, 0.4) is 0 Å². The highest BCUT2D eigenvalue weighted by molar-refractivity contribution is 5.94. The number of nitrogens with zero attached hydrogens (tertiary/aromatic N) is 1. The average molecular weight is 288 g/mol. The number of amides is 2. The largest absolute Gasteiger partial charge is 0.465 e. The lowest BCUT2D eigenvalue weighted by atomic mass is 10.1. The monoisotopic (exact) mass is 288 g/mol. The zero-order chi connectivity index (χ0) is 14.8. The fraction of sp³-hybridized carbons (Fsp3) is 0.500. The van der Waals surface area contributed by atoms with Crippen molar-refractivity contribution in [2.24, 2.45) is 0 Å². The van der Waals surface area contributed by atoms with Crippen LogP contribution in [0.25, 0.3) is 0 Å². The summed E-state index contributed by atoms with van der Waals surface area (Å²) in [5, 5.41) is 11.2. The van der Waals surface area contributed by atoms with Crippen molar-refractivity contribution in [3.8, 4) is 0 Å². The third kappa shape index (κ3) is 3.17. The van der Waals surface area contributed by atoms with E-state index in [0.29, 0.717) is 0 Å². The first-order valence-corrected chi connectivity index (χ1v) is 7.54. The lowest BCUT2D eigenvalue weighted by Gasteiger charge is -2.26. The number of carbonyl (C=O) groups excluding carboxylic acids is 1. The van der Waals surface area contributed by atoms with Gasteiger partial charge in [0.05, 0.1) is 0 Å². The highest BCUT2D eigenvalue weighted by atomic mass is 16.4. The molecular weight excluding hydrogens is 268 g/mol. The molecule has 1 saturated carbocycles. The minimum absolute atomic E-state index is 0.0196. The van der Waals surface area contributed by atoms with E-state index in [1.54, 1.807) is 0 Å². The first-order chi connectivity index (χ1) is 10.1. The standard InChI is InChI=1S/C16H20N2O3/c19-15(18-8-2-1-3-9-18)12-6-4-11(5-7-12)13-10-14(13)17-16(20)21/h4-7,13-14,17H,1-3,8-10H2,(H,20,21)/t13-,14+/m0/s1. The van der Waals surface area contributed by atoms with Crippen LogP contribution in [0.2, 0.25) is 0 Å². The Balaban J connectivity index is 1.62. The van der Waals surface area contributed by atoms with Crippen LogP contribution in [0.15, 0.2) is 24.3 Å². The summed E-state index contributed by atoms with van der Waals surface area (Å²) < 4.78 is 0. The molecule has 3 rings (SSSR count). The van der Waals surface area contributed by atoms with Crippen molar-refractivity contribution in [1.29, 1.82) is 0 Å². The molecule has 5 nitrogen and oxygen atoms in total. The number of carboxylic acid groups (broad SMARTS) is 1. The molecule has 0 aromatic heterocycles. The van der Waals surface area contributed by atoms with Gasteiger partial charge in [-0.1, -0.05) is 12.1 Å². The quantitative estimate of drug-likeness (QED) is 0.897. The highest BCUT2D eigenvalue weighted by Crippen LogP contribution is 2.40. The summed E-state index contributed by atoms with van der Waals surface area (Å²) in [5.41, 5.74) is 1.83. The molecule has 0 unspecified atom stereocenters. The maximum absolute atomic E-state index is 12.3. The van der Waals surface area contributed by atoms with Gasteiger partial charge in [-0.3, -0.25) is 4.79 Å². The molecule has 1 aromatic carbocycles. The molecule has 1 saturated heterocycles. The molecule has 2 atom stereocenters. The van der Waals surface area contributed by atoms with Crippen molar-refractivity contribution in [3.05, 3.63) is 35.4 Å². The molecule has 1 aromatic rings. The molecule has 0 radical (unpaired) electrons. The number of benzene rings is 1. The first-order valence-electron chi connectivity index (χ1n) is 7.54. The molecular formula is C16H20N2O3. The number of nitrogens with one attached hydrogen (secondary N) is 1. The third-order valence-corrected chi connectivity index (χ3v) is 4.33. The van der Waals surface area contributed by atoms with Crippen molar-refractivity contribution in [2.45, 2.75) is 37.6 Å². The Morgan fingerprint density at radius 3 is 2.38 bits per heavy atom. The zero-order valence-electron chi connectivity index (χ0n) is 11.9. The van der Waals surface area contributed by atoms with E-state index in [1.165, 1.54) is 6.42 Å². The number of rotatable bonds is 3. The van der Waals surface area contributed by atoms with Crippen LogP contribution < -0.4 is 5.32 Å². The van der Waals surface area contributed by atoms with E-state index in [0.717, 1.165) is 43.5 Å². The molecule has 2 fully saturated rings. The molecule has 1 aliphatic carbocycles. The van der Waals surface area contributed by atoms with Crippen LogP contribution in [0.5, 0.6) is 0 Å². The van der Waals surface area contributed by atoms with Crippen LogP contribution >= 0.6 is 0 Å². The van der Waals surface area contributed by atoms with Crippen LogP contribution in [-0.2, 0) is 0 Å². The van der Waals surface area contributed by atoms with E-state index in [2.05, 4.69) is 5.32 Å². The molecule has 5 heteroatoms. The summed E-state index contributed by atoms with van der Waals surface area (Å²) in [4.78, 5) is 24.8. The van der Waals surface area contributed by atoms with E-state index in [-0.39, 0.29) is 17.9 Å². The minimum Gasteiger partial charge on any atom is -0.465 e. The van der Waals surface area contributed by atoms with Gasteiger partial charge in [0, 0.05) is 30.6 Å². The van der Waals surface area contributed by atoms with Gasteiger partial charge in [-0.15, -0.1) is 0 Å². The van der Waals surface area contributed by atoms with E-state index in [1.807, 2.05) is 29.2 Å². The van der Waals surface area contributed by atoms with Crippen LogP contribution in [0.4, 0.5) is 4.79 Å². The smallest absolute Gasteiger partial charge is 0.404 e. The second-order valence-electron chi connectivity index (χ2n) is 5.87. The Morgan fingerprint density at radius 1 is 1.10 bits per heavy atom. The number of hydrogen-bond donors (Lipinski definition) is 2. The summed E-state index contributed by atoms with van der Waals surface area (Å²) >= 11 is 0. The van der Waals surface area contributed by atoms with Crippen LogP contribution in [-0.4, -0.2) is 41.1 Å². The lowest BCUT2D eigenvalue weighted by Crippen LogP contribution is -2.35. The normalized spacial score (nSPS) is 24.5. The van der Waals surface area contributed by atoms with Gasteiger partial charge in [-0.05, 0) is 43.4 Å². The molecule has 21 heavy (non-hydrogen) atoms. The first kappa shape index (κ1) is 13.9. The van der Waals surface area contributed by atoms with Crippen LogP contribution in [0, 0.1) is 0 Å². The lowest BCUT2D eigenvalue weighted by molar-refractivity contribution is 0.0724. The van der Waals surface area contributed by atoms with Gasteiger partial charge in [0.25, 0.3) is 5.91 Å². The Bertz CT molecular complexity index is 535. The fourth-order valence-electron chi connectivity index (χ4n) is 3.03. The Morgan fingerprint density at radius 2 is 1.76 bits per heavy atom. The second kappa shape index (κ2) is 5.76. The average Bonchev–Trinajstić information content (AvgIpc) is 3.26. The van der Waals surface area contributed by atoms with E-state index in [4.69, 9.17) is 5.11 Å². The number of likely N-dealkylation sites (tertiary alicyclic amines) is 1. The summed E-state index contributed by atoms with van der Waals surface area (Å²) in [6.07, 6.45) is 3.26. The summed E-state index contributed by atoms with van der Waals surface area (Å²) in [7, 11) is 0. The van der Waals surface area contributed by atoms with E-state index in [9.17, 15) is 9.59 Å². The maximum Gasteiger partial charge on any atom is 0.404 e. The summed E-state index contributed by atoms with van der Waals surface area (Å²) in [5.74, 6) is 0.359. The minimum atomic E-state index is -0.973. The number of hydrogen-bond acceptors (Lipinski definition) is 2. The van der Waals surface area contributed by atoms with Gasteiger partial charge in [0.2, 0.25) is 0 Å². The molecule has 0 spiro atoms. The number of piperidine rings is 1. The Kier molecular flexibility index (Phi) is 3.82. The Labute approximate surface area is 123 Å². The molecule has 0 bridgehead atoms. The van der Waals surface area contributed by atoms with Gasteiger partial charge in [0.15, 0.2) is 0 Å². The summed E-state index contributed by atoms with van der Waals surface area (Å²) in [6.45, 7) is 1.71. The van der Waals surface area contributed by atoms with Gasteiger partial charge < -0.3 is 15.3 Å². The van der Waals surface area contributed by atoms with Gasteiger partial charge >= 0.3 is 6.09 Å². The van der Waals surface area contributed by atoms with Gasteiger partial charge in [-0.2, -0.15) is 0 Å². The SMILES string of the molecule is O=C(O)N[C@@H]1C[C@H]1c1ccc(C(=O)N2CCCCC2)cc1. The van der Waals surface area contributed by atoms with Gasteiger partial charge in [0.1, 0.15) is 0 Å². The zero-order valence-corrected chi connectivity index (χ0v) is 11.9. The maximum atomic E-state index is 12.3. The molecule has 1 aliphatic heterocycles. The molecule has 112 valence electrons.